The SMILES string of the molecule is Brc1ccc2c(c1)-c1cc(C3(c4ccccc4)c4ccccc4-c4ccccc43)ccc1C21c2ccccc2-c2ccccc21. The first-order chi connectivity index (χ1) is 22.2. The van der Waals surface area contributed by atoms with Gasteiger partial charge >= 0.3 is 0 Å². The van der Waals surface area contributed by atoms with Gasteiger partial charge in [0.15, 0.2) is 0 Å². The molecule has 10 rings (SSSR count). The molecule has 0 N–H and O–H groups in total. The summed E-state index contributed by atoms with van der Waals surface area (Å²) in [6.07, 6.45) is 0. The zero-order valence-corrected chi connectivity index (χ0v) is 26.1. The molecule has 0 nitrogen and oxygen atoms in total. The van der Waals surface area contributed by atoms with Gasteiger partial charge in [-0.15, -0.1) is 0 Å². The lowest BCUT2D eigenvalue weighted by molar-refractivity contribution is 0.762. The maximum Gasteiger partial charge on any atom is 0.0725 e. The van der Waals surface area contributed by atoms with Crippen LogP contribution in [0.1, 0.15) is 44.5 Å². The fraction of sp³-hybridized carbons (Fsp3) is 0.0455. The third-order valence-electron chi connectivity index (χ3n) is 10.6. The number of rotatable bonds is 2. The molecule has 1 heteroatoms. The number of benzene rings is 7. The summed E-state index contributed by atoms with van der Waals surface area (Å²) >= 11 is 3.85. The normalized spacial score (nSPS) is 15.1. The minimum absolute atomic E-state index is 0.359. The highest BCUT2D eigenvalue weighted by atomic mass is 79.9. The molecule has 0 fully saturated rings. The standard InChI is InChI=1S/C44H27Br/c45-30-23-25-42-36(27-30)35-26-29(22-24-41(35)44(42)39-20-10-6-16-33(39)34-17-7-11-21-40(34)44)43(28-12-2-1-3-13-28)37-18-8-4-14-31(37)32-15-5-9-19-38(32)43/h1-27H. The minimum atomic E-state index is -0.434. The highest BCUT2D eigenvalue weighted by Crippen LogP contribution is 2.64. The first kappa shape index (κ1) is 25.4. The Balaban J connectivity index is 1.34. The molecule has 7 aromatic rings. The second kappa shape index (κ2) is 9.03. The Hall–Kier alpha value is -4.98. The Morgan fingerprint density at radius 1 is 0.289 bits per heavy atom. The topological polar surface area (TPSA) is 0 Å². The van der Waals surface area contributed by atoms with Gasteiger partial charge in [-0.25, -0.2) is 0 Å². The molecule has 0 amide bonds. The molecule has 0 aromatic heterocycles. The Morgan fingerprint density at radius 3 is 1.22 bits per heavy atom. The summed E-state index contributed by atoms with van der Waals surface area (Å²) in [6, 6.07) is 61.4. The van der Waals surface area contributed by atoms with Gasteiger partial charge in [0, 0.05) is 4.47 Å². The minimum Gasteiger partial charge on any atom is -0.0622 e. The quantitative estimate of drug-likeness (QED) is 0.177. The highest BCUT2D eigenvalue weighted by Gasteiger charge is 2.53. The zero-order chi connectivity index (χ0) is 29.8. The van der Waals surface area contributed by atoms with Crippen LogP contribution in [0.2, 0.25) is 0 Å². The van der Waals surface area contributed by atoms with Gasteiger partial charge in [0.05, 0.1) is 10.8 Å². The van der Waals surface area contributed by atoms with Gasteiger partial charge in [0.25, 0.3) is 0 Å². The van der Waals surface area contributed by atoms with E-state index in [2.05, 4.69) is 180 Å². The zero-order valence-electron chi connectivity index (χ0n) is 24.5. The van der Waals surface area contributed by atoms with Crippen molar-refractivity contribution in [2.24, 2.45) is 0 Å². The third-order valence-corrected chi connectivity index (χ3v) is 11.1. The molecular weight excluding hydrogens is 608 g/mol. The molecule has 0 radical (unpaired) electrons. The second-order valence-corrected chi connectivity index (χ2v) is 13.4. The van der Waals surface area contributed by atoms with Crippen molar-refractivity contribution in [2.45, 2.75) is 10.8 Å². The molecule has 0 saturated carbocycles. The summed E-state index contributed by atoms with van der Waals surface area (Å²) in [4.78, 5) is 0. The first-order valence-electron chi connectivity index (χ1n) is 15.6. The summed E-state index contributed by atoms with van der Waals surface area (Å²) in [6.45, 7) is 0. The molecular formula is C44H27Br. The van der Waals surface area contributed by atoms with E-state index in [0.29, 0.717) is 0 Å². The predicted molar refractivity (Wildman–Crippen MR) is 188 cm³/mol. The van der Waals surface area contributed by atoms with E-state index in [-0.39, 0.29) is 5.41 Å². The second-order valence-electron chi connectivity index (χ2n) is 12.5. The van der Waals surface area contributed by atoms with E-state index in [1.165, 1.54) is 77.9 Å². The van der Waals surface area contributed by atoms with E-state index in [4.69, 9.17) is 0 Å². The smallest absolute Gasteiger partial charge is 0.0622 e. The molecule has 3 aliphatic rings. The molecule has 45 heavy (non-hydrogen) atoms. The van der Waals surface area contributed by atoms with Gasteiger partial charge in [0.2, 0.25) is 0 Å². The van der Waals surface area contributed by atoms with E-state index >= 15 is 0 Å². The van der Waals surface area contributed by atoms with Gasteiger partial charge in [-0.1, -0.05) is 162 Å². The molecule has 0 atom stereocenters. The number of hydrogen-bond donors (Lipinski definition) is 0. The van der Waals surface area contributed by atoms with Crippen LogP contribution in [0.5, 0.6) is 0 Å². The van der Waals surface area contributed by atoms with Crippen molar-refractivity contribution in [2.75, 3.05) is 0 Å². The summed E-state index contributed by atoms with van der Waals surface area (Å²) in [5, 5.41) is 0. The molecule has 7 aromatic carbocycles. The lowest BCUT2D eigenvalue weighted by Crippen LogP contribution is -2.29. The Kier molecular flexibility index (Phi) is 5.09. The van der Waals surface area contributed by atoms with Crippen LogP contribution in [0.15, 0.2) is 168 Å². The lowest BCUT2D eigenvalue weighted by Gasteiger charge is -2.35. The van der Waals surface area contributed by atoms with Crippen molar-refractivity contribution in [1.82, 2.24) is 0 Å². The summed E-state index contributed by atoms with van der Waals surface area (Å²) in [7, 11) is 0. The fourth-order valence-corrected chi connectivity index (χ4v) is 9.43. The molecule has 0 saturated heterocycles. The van der Waals surface area contributed by atoms with Gasteiger partial charge in [-0.05, 0) is 96.1 Å². The monoisotopic (exact) mass is 634 g/mol. The van der Waals surface area contributed by atoms with Crippen LogP contribution >= 0.6 is 15.9 Å². The van der Waals surface area contributed by atoms with E-state index < -0.39 is 5.41 Å². The van der Waals surface area contributed by atoms with Crippen molar-refractivity contribution in [3.63, 3.8) is 0 Å². The summed E-state index contributed by atoms with van der Waals surface area (Å²) in [5.41, 5.74) is 17.9. The van der Waals surface area contributed by atoms with E-state index in [1.807, 2.05) is 0 Å². The van der Waals surface area contributed by atoms with Crippen molar-refractivity contribution in [3.05, 3.63) is 213 Å². The third kappa shape index (κ3) is 3.02. The Labute approximate surface area is 271 Å². The van der Waals surface area contributed by atoms with Crippen LogP contribution in [0.25, 0.3) is 33.4 Å². The van der Waals surface area contributed by atoms with Crippen LogP contribution in [0, 0.1) is 0 Å². The molecule has 0 bridgehead atoms. The largest absolute Gasteiger partial charge is 0.0725 e. The Morgan fingerprint density at radius 2 is 0.689 bits per heavy atom. The predicted octanol–water partition coefficient (Wildman–Crippen LogP) is 11.2. The van der Waals surface area contributed by atoms with Crippen LogP contribution < -0.4 is 0 Å². The van der Waals surface area contributed by atoms with Crippen molar-refractivity contribution >= 4 is 15.9 Å². The lowest BCUT2D eigenvalue weighted by atomic mass is 9.66. The molecule has 0 heterocycles. The van der Waals surface area contributed by atoms with E-state index in [0.717, 1.165) is 4.47 Å². The molecule has 210 valence electrons. The van der Waals surface area contributed by atoms with Crippen LogP contribution in [-0.2, 0) is 10.8 Å². The summed E-state index contributed by atoms with van der Waals surface area (Å²) in [5.74, 6) is 0. The highest BCUT2D eigenvalue weighted by molar-refractivity contribution is 9.10. The number of hydrogen-bond acceptors (Lipinski definition) is 0. The molecule has 0 unspecified atom stereocenters. The average Bonchev–Trinajstić information content (AvgIpc) is 3.68. The van der Waals surface area contributed by atoms with Gasteiger partial charge in [-0.3, -0.25) is 0 Å². The maximum atomic E-state index is 3.85. The van der Waals surface area contributed by atoms with Crippen molar-refractivity contribution in [3.8, 4) is 33.4 Å². The van der Waals surface area contributed by atoms with Crippen molar-refractivity contribution in [1.29, 1.82) is 0 Å². The molecule has 3 aliphatic carbocycles. The van der Waals surface area contributed by atoms with Crippen molar-refractivity contribution < 1.29 is 0 Å². The fourth-order valence-electron chi connectivity index (χ4n) is 9.07. The average molecular weight is 636 g/mol. The summed E-state index contributed by atoms with van der Waals surface area (Å²) < 4.78 is 1.10. The molecule has 0 aliphatic heterocycles. The van der Waals surface area contributed by atoms with Crippen LogP contribution in [0.3, 0.4) is 0 Å². The number of fused-ring (bicyclic) bond motifs is 13. The van der Waals surface area contributed by atoms with Crippen LogP contribution in [-0.4, -0.2) is 0 Å². The first-order valence-corrected chi connectivity index (χ1v) is 16.4. The number of halogens is 1. The van der Waals surface area contributed by atoms with Gasteiger partial charge < -0.3 is 0 Å². The maximum absolute atomic E-state index is 3.85. The Bertz CT molecular complexity index is 2250. The van der Waals surface area contributed by atoms with E-state index in [1.54, 1.807) is 0 Å². The van der Waals surface area contributed by atoms with E-state index in [9.17, 15) is 0 Å². The molecule has 1 spiro atoms. The van der Waals surface area contributed by atoms with Crippen LogP contribution in [0.4, 0.5) is 0 Å². The van der Waals surface area contributed by atoms with Gasteiger partial charge in [0.1, 0.15) is 0 Å². The van der Waals surface area contributed by atoms with Gasteiger partial charge in [-0.2, -0.15) is 0 Å².